The van der Waals surface area contributed by atoms with Gasteiger partial charge in [0.2, 0.25) is 5.91 Å². The molecule has 1 aliphatic heterocycles. The number of hydrogen-bond donors (Lipinski definition) is 2. The Morgan fingerprint density at radius 2 is 1.81 bits per heavy atom. The number of hydrogen-bond acceptors (Lipinski definition) is 4. The summed E-state index contributed by atoms with van der Waals surface area (Å²) in [6.07, 6.45) is 5.47. The number of nitriles is 1. The van der Waals surface area contributed by atoms with Crippen LogP contribution >= 0.6 is 0 Å². The lowest BCUT2D eigenvalue weighted by molar-refractivity contribution is -0.134. The Kier molecular flexibility index (Phi) is 8.71. The van der Waals surface area contributed by atoms with E-state index in [4.69, 9.17) is 5.26 Å². The third-order valence-electron chi connectivity index (χ3n) is 7.55. The molecule has 2 fully saturated rings. The van der Waals surface area contributed by atoms with E-state index in [1.54, 1.807) is 24.3 Å². The molecule has 0 aromatic heterocycles. The molecule has 2 amide bonds. The van der Waals surface area contributed by atoms with Gasteiger partial charge in [0.1, 0.15) is 11.9 Å². The van der Waals surface area contributed by atoms with Crippen LogP contribution in [-0.4, -0.2) is 48.4 Å². The zero-order chi connectivity index (χ0) is 25.5. The normalized spacial score (nSPS) is 20.4. The van der Waals surface area contributed by atoms with Gasteiger partial charge in [-0.25, -0.2) is 4.39 Å². The molecule has 1 aliphatic carbocycles. The van der Waals surface area contributed by atoms with Crippen LogP contribution in [0.2, 0.25) is 0 Å². The Balaban J connectivity index is 1.31. The summed E-state index contributed by atoms with van der Waals surface area (Å²) in [7, 11) is 0. The highest BCUT2D eigenvalue weighted by Gasteiger charge is 2.37. The van der Waals surface area contributed by atoms with Crippen LogP contribution in [0.4, 0.5) is 4.39 Å². The third kappa shape index (κ3) is 6.70. The minimum Gasteiger partial charge on any atom is -0.341 e. The molecule has 7 heteroatoms. The number of piperidine rings is 1. The number of carbonyl (C=O) groups is 2. The Bertz CT molecular complexity index is 1070. The van der Waals surface area contributed by atoms with Crippen molar-refractivity contribution in [1.29, 1.82) is 5.26 Å². The number of halogens is 1. The van der Waals surface area contributed by atoms with Crippen LogP contribution in [-0.2, 0) is 4.79 Å². The molecule has 2 aromatic rings. The standard InChI is InChI=1S/C29H35FN4O2/c1-2-20-13-16-34(17-14-20)29(36)26(33-28(35)23-7-5-21(19-31)6-8-23)4-3-15-32-27-18-25(27)22-9-11-24(30)12-10-22/h5-12,20,25-27,32H,2-4,13-18H2,1H3,(H,33,35)/t25-,26-,27+/m0/s1. The first kappa shape index (κ1) is 25.8. The Labute approximate surface area is 212 Å². The minimum absolute atomic E-state index is 0.0119. The highest BCUT2D eigenvalue weighted by molar-refractivity contribution is 5.97. The van der Waals surface area contributed by atoms with Gasteiger partial charge in [-0.1, -0.05) is 25.5 Å². The van der Waals surface area contributed by atoms with Gasteiger partial charge in [0, 0.05) is 30.6 Å². The third-order valence-corrected chi connectivity index (χ3v) is 7.55. The van der Waals surface area contributed by atoms with E-state index in [0.29, 0.717) is 35.4 Å². The molecule has 1 saturated heterocycles. The van der Waals surface area contributed by atoms with E-state index in [0.717, 1.165) is 57.3 Å². The van der Waals surface area contributed by atoms with Crippen molar-refractivity contribution in [1.82, 2.24) is 15.5 Å². The second-order valence-corrected chi connectivity index (χ2v) is 9.99. The number of carbonyl (C=O) groups excluding carboxylic acids is 2. The summed E-state index contributed by atoms with van der Waals surface area (Å²) in [5, 5.41) is 15.5. The van der Waals surface area contributed by atoms with Crippen molar-refractivity contribution in [3.8, 4) is 6.07 Å². The van der Waals surface area contributed by atoms with E-state index in [-0.39, 0.29) is 17.6 Å². The van der Waals surface area contributed by atoms with Crippen molar-refractivity contribution in [3.05, 3.63) is 71.0 Å². The number of nitrogens with one attached hydrogen (secondary N) is 2. The Hall–Kier alpha value is -3.24. The molecule has 0 radical (unpaired) electrons. The zero-order valence-corrected chi connectivity index (χ0v) is 20.9. The number of benzene rings is 2. The lowest BCUT2D eigenvalue weighted by Gasteiger charge is -2.34. The fourth-order valence-electron chi connectivity index (χ4n) is 5.07. The molecule has 1 saturated carbocycles. The molecule has 190 valence electrons. The summed E-state index contributed by atoms with van der Waals surface area (Å²) in [4.78, 5) is 28.2. The van der Waals surface area contributed by atoms with Crippen molar-refractivity contribution in [2.75, 3.05) is 19.6 Å². The average Bonchev–Trinajstić information content (AvgIpc) is 3.70. The first-order chi connectivity index (χ1) is 17.5. The first-order valence-electron chi connectivity index (χ1n) is 13.1. The molecule has 4 rings (SSSR count). The maximum absolute atomic E-state index is 13.4. The van der Waals surface area contributed by atoms with E-state index in [1.165, 1.54) is 12.1 Å². The van der Waals surface area contributed by atoms with Crippen molar-refractivity contribution in [2.24, 2.45) is 5.92 Å². The molecule has 36 heavy (non-hydrogen) atoms. The van der Waals surface area contributed by atoms with Gasteiger partial charge < -0.3 is 15.5 Å². The van der Waals surface area contributed by atoms with Crippen LogP contribution in [0.15, 0.2) is 48.5 Å². The van der Waals surface area contributed by atoms with Gasteiger partial charge in [0.15, 0.2) is 0 Å². The molecular weight excluding hydrogens is 455 g/mol. The predicted molar refractivity (Wildman–Crippen MR) is 137 cm³/mol. The molecule has 1 heterocycles. The van der Waals surface area contributed by atoms with Gasteiger partial charge in [-0.2, -0.15) is 5.26 Å². The summed E-state index contributed by atoms with van der Waals surface area (Å²) in [5.74, 6) is 0.535. The van der Waals surface area contributed by atoms with Gasteiger partial charge in [-0.15, -0.1) is 0 Å². The monoisotopic (exact) mass is 490 g/mol. The van der Waals surface area contributed by atoms with E-state index in [1.807, 2.05) is 17.0 Å². The Morgan fingerprint density at radius 1 is 1.11 bits per heavy atom. The number of rotatable bonds is 10. The molecule has 2 aromatic carbocycles. The van der Waals surface area contributed by atoms with Crippen molar-refractivity contribution < 1.29 is 14.0 Å². The van der Waals surface area contributed by atoms with Gasteiger partial charge >= 0.3 is 0 Å². The van der Waals surface area contributed by atoms with Crippen LogP contribution in [0.25, 0.3) is 0 Å². The van der Waals surface area contributed by atoms with E-state index in [2.05, 4.69) is 23.6 Å². The smallest absolute Gasteiger partial charge is 0.251 e. The van der Waals surface area contributed by atoms with Crippen LogP contribution in [0.1, 0.15) is 72.9 Å². The fraction of sp³-hybridized carbons (Fsp3) is 0.483. The molecule has 2 N–H and O–H groups in total. The zero-order valence-electron chi connectivity index (χ0n) is 20.9. The molecule has 3 atom stereocenters. The van der Waals surface area contributed by atoms with Gasteiger partial charge in [0.25, 0.3) is 5.91 Å². The lowest BCUT2D eigenvalue weighted by atomic mass is 9.94. The SMILES string of the molecule is CCC1CCN(C(=O)[C@H](CCCN[C@@H]2C[C@H]2c2ccc(F)cc2)NC(=O)c2ccc(C#N)cc2)CC1. The minimum atomic E-state index is -0.583. The second-order valence-electron chi connectivity index (χ2n) is 9.99. The summed E-state index contributed by atoms with van der Waals surface area (Å²) < 4.78 is 13.2. The summed E-state index contributed by atoms with van der Waals surface area (Å²) in [6.45, 7) is 4.41. The van der Waals surface area contributed by atoms with E-state index >= 15 is 0 Å². The molecular formula is C29H35FN4O2. The van der Waals surface area contributed by atoms with Crippen molar-refractivity contribution in [3.63, 3.8) is 0 Å². The second kappa shape index (κ2) is 12.1. The van der Waals surface area contributed by atoms with Gasteiger partial charge in [-0.05, 0) is 86.5 Å². The molecule has 0 unspecified atom stereocenters. The quantitative estimate of drug-likeness (QED) is 0.485. The molecule has 0 bridgehead atoms. The van der Waals surface area contributed by atoms with E-state index < -0.39 is 6.04 Å². The fourth-order valence-corrected chi connectivity index (χ4v) is 5.07. The summed E-state index contributed by atoms with van der Waals surface area (Å²) in [6, 6.07) is 15.0. The highest BCUT2D eigenvalue weighted by Crippen LogP contribution is 2.40. The van der Waals surface area contributed by atoms with Gasteiger partial charge in [0.05, 0.1) is 11.6 Å². The summed E-state index contributed by atoms with van der Waals surface area (Å²) in [5.41, 5.74) is 2.07. The topological polar surface area (TPSA) is 85.2 Å². The van der Waals surface area contributed by atoms with Gasteiger partial charge in [-0.3, -0.25) is 9.59 Å². The van der Waals surface area contributed by atoms with Crippen LogP contribution < -0.4 is 10.6 Å². The average molecular weight is 491 g/mol. The largest absolute Gasteiger partial charge is 0.341 e. The van der Waals surface area contributed by atoms with Crippen LogP contribution in [0.5, 0.6) is 0 Å². The number of nitrogens with zero attached hydrogens (tertiary/aromatic N) is 2. The Morgan fingerprint density at radius 3 is 2.44 bits per heavy atom. The van der Waals surface area contributed by atoms with Crippen molar-refractivity contribution in [2.45, 2.75) is 63.5 Å². The molecule has 0 spiro atoms. The molecule has 6 nitrogen and oxygen atoms in total. The first-order valence-corrected chi connectivity index (χ1v) is 13.1. The van der Waals surface area contributed by atoms with Crippen LogP contribution in [0, 0.1) is 23.1 Å². The maximum atomic E-state index is 13.4. The highest BCUT2D eigenvalue weighted by atomic mass is 19.1. The van der Waals surface area contributed by atoms with E-state index in [9.17, 15) is 14.0 Å². The summed E-state index contributed by atoms with van der Waals surface area (Å²) >= 11 is 0. The predicted octanol–water partition coefficient (Wildman–Crippen LogP) is 4.37. The maximum Gasteiger partial charge on any atom is 0.251 e. The molecule has 2 aliphatic rings. The number of likely N-dealkylation sites (tertiary alicyclic amines) is 1. The number of amides is 2. The van der Waals surface area contributed by atoms with Crippen molar-refractivity contribution >= 4 is 11.8 Å². The lowest BCUT2D eigenvalue weighted by Crippen LogP contribution is -2.51. The van der Waals surface area contributed by atoms with Crippen LogP contribution in [0.3, 0.4) is 0 Å².